The van der Waals surface area contributed by atoms with Crippen molar-refractivity contribution in [3.63, 3.8) is 0 Å². The lowest BCUT2D eigenvalue weighted by Crippen LogP contribution is -2.50. The van der Waals surface area contributed by atoms with Gasteiger partial charge in [-0.05, 0) is 36.6 Å². The monoisotopic (exact) mass is 268 g/mol. The Bertz CT molecular complexity index is 660. The summed E-state index contributed by atoms with van der Waals surface area (Å²) in [5.41, 5.74) is 4.13. The molecule has 104 valence electrons. The molecule has 2 aliphatic rings. The summed E-state index contributed by atoms with van der Waals surface area (Å²) in [4.78, 5) is 17.2. The molecular weight excluding hydrogens is 248 g/mol. The number of carbonyl (C=O) groups is 1. The molecule has 3 heteroatoms. The van der Waals surface area contributed by atoms with Crippen molar-refractivity contribution in [3.05, 3.63) is 35.5 Å². The fourth-order valence-electron chi connectivity index (χ4n) is 4.30. The van der Waals surface area contributed by atoms with E-state index < -0.39 is 0 Å². The number of fused-ring (bicyclic) bond motifs is 2. The normalized spacial score (nSPS) is 29.4. The number of nitrogens with zero attached hydrogens (tertiary/aromatic N) is 1. The van der Waals surface area contributed by atoms with Gasteiger partial charge < -0.3 is 9.78 Å². The molecule has 3 nitrogen and oxygen atoms in total. The number of aromatic nitrogens is 1. The molecule has 1 aromatic carbocycles. The van der Waals surface area contributed by atoms with Crippen LogP contribution >= 0.6 is 0 Å². The molecule has 0 saturated carbocycles. The Morgan fingerprint density at radius 2 is 2.35 bits per heavy atom. The molecule has 20 heavy (non-hydrogen) atoms. The predicted octanol–water partition coefficient (Wildman–Crippen LogP) is 2.72. The number of aromatic amines is 1. The van der Waals surface area contributed by atoms with Crippen LogP contribution in [0.4, 0.5) is 0 Å². The first-order chi connectivity index (χ1) is 9.81. The lowest BCUT2D eigenvalue weighted by molar-refractivity contribution is -0.113. The Labute approximate surface area is 119 Å². The van der Waals surface area contributed by atoms with Gasteiger partial charge in [0.1, 0.15) is 6.29 Å². The van der Waals surface area contributed by atoms with Gasteiger partial charge in [0.05, 0.1) is 0 Å². The van der Waals surface area contributed by atoms with Gasteiger partial charge >= 0.3 is 0 Å². The second-order valence-corrected chi connectivity index (χ2v) is 6.18. The second-order valence-electron chi connectivity index (χ2n) is 6.18. The molecule has 4 rings (SSSR count). The van der Waals surface area contributed by atoms with E-state index in [0.717, 1.165) is 32.2 Å². The highest BCUT2D eigenvalue weighted by atomic mass is 16.1. The van der Waals surface area contributed by atoms with Crippen LogP contribution in [0.5, 0.6) is 0 Å². The van der Waals surface area contributed by atoms with Crippen LogP contribution in [0.3, 0.4) is 0 Å². The summed E-state index contributed by atoms with van der Waals surface area (Å²) in [5.74, 6) is 0.692. The highest BCUT2D eigenvalue weighted by Crippen LogP contribution is 2.44. The van der Waals surface area contributed by atoms with E-state index in [0.29, 0.717) is 12.0 Å². The van der Waals surface area contributed by atoms with Gasteiger partial charge in [0.2, 0.25) is 0 Å². The number of hydrogen-bond acceptors (Lipinski definition) is 2. The zero-order valence-corrected chi connectivity index (χ0v) is 11.8. The maximum absolute atomic E-state index is 11.3. The summed E-state index contributed by atoms with van der Waals surface area (Å²) in [7, 11) is 0. The maximum atomic E-state index is 11.3. The third-order valence-corrected chi connectivity index (χ3v) is 5.21. The summed E-state index contributed by atoms with van der Waals surface area (Å²) < 4.78 is 0. The van der Waals surface area contributed by atoms with E-state index in [1.165, 1.54) is 22.0 Å². The quantitative estimate of drug-likeness (QED) is 0.850. The number of nitrogens with one attached hydrogen (secondary N) is 1. The van der Waals surface area contributed by atoms with E-state index in [2.05, 4.69) is 41.2 Å². The molecule has 1 N–H and O–H groups in total. The van der Waals surface area contributed by atoms with E-state index in [1.54, 1.807) is 0 Å². The molecule has 1 saturated heterocycles. The van der Waals surface area contributed by atoms with Crippen LogP contribution < -0.4 is 0 Å². The van der Waals surface area contributed by atoms with Gasteiger partial charge in [0.25, 0.3) is 0 Å². The zero-order valence-electron chi connectivity index (χ0n) is 11.8. The predicted molar refractivity (Wildman–Crippen MR) is 79.9 cm³/mol. The highest BCUT2D eigenvalue weighted by molar-refractivity contribution is 5.88. The van der Waals surface area contributed by atoms with Crippen LogP contribution in [-0.4, -0.2) is 35.3 Å². The number of carbonyl (C=O) groups excluding carboxylic acids is 1. The zero-order chi connectivity index (χ0) is 13.7. The first kappa shape index (κ1) is 12.2. The molecule has 0 bridgehead atoms. The van der Waals surface area contributed by atoms with Gasteiger partial charge in [0.15, 0.2) is 0 Å². The second kappa shape index (κ2) is 4.45. The van der Waals surface area contributed by atoms with Crippen molar-refractivity contribution in [2.24, 2.45) is 5.92 Å². The molecule has 2 heterocycles. The van der Waals surface area contributed by atoms with Crippen LogP contribution in [0, 0.1) is 5.92 Å². The third-order valence-electron chi connectivity index (χ3n) is 5.21. The molecule has 1 aliphatic heterocycles. The van der Waals surface area contributed by atoms with E-state index in [1.807, 2.05) is 0 Å². The van der Waals surface area contributed by atoms with Crippen molar-refractivity contribution in [2.45, 2.75) is 31.7 Å². The Morgan fingerprint density at radius 1 is 1.45 bits per heavy atom. The summed E-state index contributed by atoms with van der Waals surface area (Å²) >= 11 is 0. The lowest BCUT2D eigenvalue weighted by atomic mass is 9.72. The van der Waals surface area contributed by atoms with E-state index >= 15 is 0 Å². The molecule has 1 fully saturated rings. The van der Waals surface area contributed by atoms with Gasteiger partial charge in [-0.2, -0.15) is 0 Å². The van der Waals surface area contributed by atoms with Crippen LogP contribution in [-0.2, 0) is 11.2 Å². The largest absolute Gasteiger partial charge is 0.361 e. The summed E-state index contributed by atoms with van der Waals surface area (Å²) in [6.45, 7) is 4.16. The topological polar surface area (TPSA) is 36.1 Å². The number of aldehydes is 1. The van der Waals surface area contributed by atoms with Crippen molar-refractivity contribution in [1.82, 2.24) is 9.88 Å². The number of likely N-dealkylation sites (N-methyl/N-ethyl adjacent to an activating group) is 1. The fourth-order valence-corrected chi connectivity index (χ4v) is 4.30. The molecule has 0 spiro atoms. The minimum atomic E-state index is 0.187. The number of benzene rings is 1. The SMILES string of the molecule is CCN1C[C@H](C=O)C[C@@H]2c3cccc4[nH]cc(c34)C[C@H]21. The molecular formula is C17H20N2O. The maximum Gasteiger partial charge on any atom is 0.124 e. The first-order valence-electron chi connectivity index (χ1n) is 7.60. The third kappa shape index (κ3) is 1.59. The van der Waals surface area contributed by atoms with Crippen molar-refractivity contribution in [3.8, 4) is 0 Å². The Kier molecular flexibility index (Phi) is 2.71. The Hall–Kier alpha value is -1.61. The van der Waals surface area contributed by atoms with Gasteiger partial charge in [-0.3, -0.25) is 4.90 Å². The van der Waals surface area contributed by atoms with Crippen molar-refractivity contribution >= 4 is 17.2 Å². The summed E-state index contributed by atoms with van der Waals surface area (Å²) in [6, 6.07) is 7.11. The minimum Gasteiger partial charge on any atom is -0.361 e. The van der Waals surface area contributed by atoms with E-state index in [-0.39, 0.29) is 5.92 Å². The average molecular weight is 268 g/mol. The number of hydrogen-bond donors (Lipinski definition) is 1. The smallest absolute Gasteiger partial charge is 0.124 e. The molecule has 1 aliphatic carbocycles. The average Bonchev–Trinajstić information content (AvgIpc) is 2.91. The lowest BCUT2D eigenvalue weighted by Gasteiger charge is -2.45. The number of rotatable bonds is 2. The minimum absolute atomic E-state index is 0.187. The van der Waals surface area contributed by atoms with Gasteiger partial charge in [-0.25, -0.2) is 0 Å². The van der Waals surface area contributed by atoms with Gasteiger partial charge in [-0.15, -0.1) is 0 Å². The van der Waals surface area contributed by atoms with E-state index in [9.17, 15) is 4.79 Å². The van der Waals surface area contributed by atoms with Gasteiger partial charge in [-0.1, -0.05) is 19.1 Å². The van der Waals surface area contributed by atoms with Crippen LogP contribution in [0.2, 0.25) is 0 Å². The van der Waals surface area contributed by atoms with E-state index in [4.69, 9.17) is 0 Å². The Balaban J connectivity index is 1.86. The van der Waals surface area contributed by atoms with Crippen molar-refractivity contribution < 1.29 is 4.79 Å². The molecule has 0 amide bonds. The van der Waals surface area contributed by atoms with Gasteiger partial charge in [0, 0.05) is 41.5 Å². The number of H-pyrrole nitrogens is 1. The van der Waals surface area contributed by atoms with Crippen molar-refractivity contribution in [2.75, 3.05) is 13.1 Å². The number of piperidine rings is 1. The van der Waals surface area contributed by atoms with Crippen LogP contribution in [0.25, 0.3) is 10.9 Å². The van der Waals surface area contributed by atoms with Crippen molar-refractivity contribution in [1.29, 1.82) is 0 Å². The first-order valence-corrected chi connectivity index (χ1v) is 7.60. The summed E-state index contributed by atoms with van der Waals surface area (Å²) in [6.07, 6.45) is 5.45. The molecule has 3 atom stereocenters. The van der Waals surface area contributed by atoms with Crippen LogP contribution in [0.15, 0.2) is 24.4 Å². The Morgan fingerprint density at radius 3 is 3.15 bits per heavy atom. The molecule has 1 aromatic heterocycles. The fraction of sp³-hybridized carbons (Fsp3) is 0.471. The summed E-state index contributed by atoms with van der Waals surface area (Å²) in [5, 5.41) is 1.41. The molecule has 2 aromatic rings. The van der Waals surface area contributed by atoms with Crippen LogP contribution in [0.1, 0.15) is 30.4 Å². The molecule has 0 radical (unpaired) electrons. The standard InChI is InChI=1S/C17H20N2O/c1-2-19-9-11(10-20)6-14-13-4-3-5-15-17(13)12(8-18-15)7-16(14)19/h3-5,8,10-11,14,16,18H,2,6-7,9H2,1H3/t11-,14-,16-/m1/s1. The molecule has 0 unspecified atom stereocenters. The highest BCUT2D eigenvalue weighted by Gasteiger charge is 2.39. The number of likely N-dealkylation sites (tertiary alicyclic amines) is 1.